The van der Waals surface area contributed by atoms with Gasteiger partial charge in [-0.1, -0.05) is 56.7 Å². The van der Waals surface area contributed by atoms with Crippen molar-refractivity contribution in [3.63, 3.8) is 0 Å². The summed E-state index contributed by atoms with van der Waals surface area (Å²) in [4.78, 5) is 17.6. The quantitative estimate of drug-likeness (QED) is 0.315. The minimum Gasteiger partial charge on any atom is -0.494 e. The van der Waals surface area contributed by atoms with E-state index in [0.29, 0.717) is 31.1 Å². The minimum absolute atomic E-state index is 0.0983. The molecule has 5 nitrogen and oxygen atoms in total. The van der Waals surface area contributed by atoms with E-state index in [4.69, 9.17) is 26.1 Å². The number of unbranched alkanes of at least 4 members (excludes halogenated alkanes) is 5. The van der Waals surface area contributed by atoms with Crippen molar-refractivity contribution in [2.45, 2.75) is 58.4 Å². The van der Waals surface area contributed by atoms with E-state index in [0.717, 1.165) is 17.7 Å². The van der Waals surface area contributed by atoms with E-state index in [1.807, 2.05) is 18.2 Å². The molecular formula is C18H31ClNO4P. The summed E-state index contributed by atoms with van der Waals surface area (Å²) in [5.74, 6) is 0.781. The van der Waals surface area contributed by atoms with Gasteiger partial charge in [0, 0.05) is 11.6 Å². The molecule has 1 aromatic carbocycles. The van der Waals surface area contributed by atoms with E-state index in [9.17, 15) is 4.57 Å². The van der Waals surface area contributed by atoms with Gasteiger partial charge < -0.3 is 19.8 Å². The van der Waals surface area contributed by atoms with Gasteiger partial charge in [-0.05, 0) is 37.1 Å². The average Bonchev–Trinajstić information content (AvgIpc) is 2.54. The van der Waals surface area contributed by atoms with Gasteiger partial charge in [-0.2, -0.15) is 0 Å². The van der Waals surface area contributed by atoms with Crippen LogP contribution < -0.4 is 10.1 Å². The molecule has 1 aromatic rings. The molecule has 0 fully saturated rings. The van der Waals surface area contributed by atoms with Crippen LogP contribution in [0.1, 0.15) is 57.4 Å². The lowest BCUT2D eigenvalue weighted by molar-refractivity contribution is 0.304. The zero-order valence-corrected chi connectivity index (χ0v) is 16.7. The Kier molecular flexibility index (Phi) is 11.4. The predicted octanol–water partition coefficient (Wildman–Crippen LogP) is 4.74. The molecule has 1 rings (SSSR count). The molecule has 0 amide bonds. The molecular weight excluding hydrogens is 361 g/mol. The zero-order chi connectivity index (χ0) is 18.5. The second-order valence-electron chi connectivity index (χ2n) is 6.29. The normalized spacial score (nSPS) is 11.7. The molecule has 0 bridgehead atoms. The van der Waals surface area contributed by atoms with Crippen LogP contribution in [0.25, 0.3) is 0 Å². The maximum absolute atomic E-state index is 10.8. The van der Waals surface area contributed by atoms with Gasteiger partial charge in [-0.25, -0.2) is 0 Å². The minimum atomic E-state index is -3.90. The summed E-state index contributed by atoms with van der Waals surface area (Å²) in [7, 11) is -3.90. The van der Waals surface area contributed by atoms with Crippen LogP contribution in [-0.4, -0.2) is 29.1 Å². The maximum atomic E-state index is 10.8. The van der Waals surface area contributed by atoms with Gasteiger partial charge in [-0.3, -0.25) is 4.57 Å². The highest BCUT2D eigenvalue weighted by molar-refractivity contribution is 7.51. The molecule has 0 saturated carbocycles. The van der Waals surface area contributed by atoms with Crippen molar-refractivity contribution in [1.29, 1.82) is 0 Å². The second kappa shape index (κ2) is 12.7. The smallest absolute Gasteiger partial charge is 0.325 e. The van der Waals surface area contributed by atoms with E-state index < -0.39 is 7.60 Å². The Labute approximate surface area is 156 Å². The molecule has 0 spiro atoms. The molecule has 0 saturated heterocycles. The number of ether oxygens (including phenoxy) is 1. The van der Waals surface area contributed by atoms with Crippen LogP contribution in [0.15, 0.2) is 18.2 Å². The molecule has 3 N–H and O–H groups in total. The van der Waals surface area contributed by atoms with E-state index in [1.54, 1.807) is 0 Å². The third-order valence-corrected chi connectivity index (χ3v) is 5.16. The topological polar surface area (TPSA) is 78.8 Å². The lowest BCUT2D eigenvalue weighted by atomic mass is 10.1. The van der Waals surface area contributed by atoms with Gasteiger partial charge in [0.05, 0.1) is 12.8 Å². The summed E-state index contributed by atoms with van der Waals surface area (Å²) in [6.07, 6.45) is 7.74. The van der Waals surface area contributed by atoms with Crippen LogP contribution in [-0.2, 0) is 11.1 Å². The third kappa shape index (κ3) is 11.6. The lowest BCUT2D eigenvalue weighted by Crippen LogP contribution is -2.16. The Balaban J connectivity index is 2.21. The fourth-order valence-electron chi connectivity index (χ4n) is 2.47. The molecule has 0 aromatic heterocycles. The average molecular weight is 392 g/mol. The zero-order valence-electron chi connectivity index (χ0n) is 15.0. The molecule has 144 valence electrons. The highest BCUT2D eigenvalue weighted by Gasteiger charge is 2.11. The van der Waals surface area contributed by atoms with Crippen LogP contribution in [0.5, 0.6) is 5.75 Å². The van der Waals surface area contributed by atoms with Crippen LogP contribution in [0.4, 0.5) is 0 Å². The number of nitrogens with one attached hydrogen (secondary N) is 1. The first kappa shape index (κ1) is 22.5. The molecule has 0 aliphatic carbocycles. The highest BCUT2D eigenvalue weighted by Crippen LogP contribution is 2.34. The second-order valence-corrected chi connectivity index (χ2v) is 8.47. The fourth-order valence-corrected chi connectivity index (χ4v) is 3.27. The fraction of sp³-hybridized carbons (Fsp3) is 0.667. The van der Waals surface area contributed by atoms with Crippen molar-refractivity contribution in [3.8, 4) is 5.75 Å². The Morgan fingerprint density at radius 1 is 1.12 bits per heavy atom. The first-order chi connectivity index (χ1) is 11.9. The number of rotatable bonds is 14. The van der Waals surface area contributed by atoms with E-state index in [-0.39, 0.29) is 6.16 Å². The first-order valence-corrected chi connectivity index (χ1v) is 11.3. The van der Waals surface area contributed by atoms with Gasteiger partial charge in [0.25, 0.3) is 0 Å². The number of benzene rings is 1. The monoisotopic (exact) mass is 391 g/mol. The standard InChI is InChI=1S/C18H31ClNO4P/c1-2-3-4-5-6-7-12-24-17-10-9-16(18(19)14-17)15-20-11-8-13-25(21,22)23/h9-10,14,20H,2-8,11-13,15H2,1H3,(H2,21,22,23). The Bertz CT molecular complexity index is 536. The molecule has 0 radical (unpaired) electrons. The predicted molar refractivity (Wildman–Crippen MR) is 104 cm³/mol. The molecule has 0 aliphatic rings. The summed E-state index contributed by atoms with van der Waals surface area (Å²) in [6.45, 7) is 4.03. The van der Waals surface area contributed by atoms with Crippen LogP contribution in [0.2, 0.25) is 5.02 Å². The Morgan fingerprint density at radius 2 is 1.84 bits per heavy atom. The van der Waals surface area contributed by atoms with E-state index in [1.165, 1.54) is 32.1 Å². The van der Waals surface area contributed by atoms with Gasteiger partial charge in [0.2, 0.25) is 0 Å². The molecule has 25 heavy (non-hydrogen) atoms. The number of hydrogen-bond acceptors (Lipinski definition) is 3. The summed E-state index contributed by atoms with van der Waals surface area (Å²) >= 11 is 6.27. The van der Waals surface area contributed by atoms with Crippen LogP contribution in [0, 0.1) is 0 Å². The van der Waals surface area contributed by atoms with Crippen molar-refractivity contribution in [1.82, 2.24) is 5.32 Å². The molecule has 0 unspecified atom stereocenters. The van der Waals surface area contributed by atoms with Crippen molar-refractivity contribution in [2.24, 2.45) is 0 Å². The Morgan fingerprint density at radius 3 is 2.52 bits per heavy atom. The Hall–Kier alpha value is -0.580. The number of hydrogen-bond donors (Lipinski definition) is 3. The SMILES string of the molecule is CCCCCCCCOc1ccc(CNCCCP(=O)(O)O)c(Cl)c1. The lowest BCUT2D eigenvalue weighted by Gasteiger charge is -2.10. The summed E-state index contributed by atoms with van der Waals surface area (Å²) in [5, 5.41) is 3.78. The van der Waals surface area contributed by atoms with Crippen molar-refractivity contribution >= 4 is 19.2 Å². The van der Waals surface area contributed by atoms with Crippen LogP contribution in [0.3, 0.4) is 0 Å². The summed E-state index contributed by atoms with van der Waals surface area (Å²) in [6, 6.07) is 5.66. The van der Waals surface area contributed by atoms with Crippen molar-refractivity contribution < 1.29 is 19.1 Å². The van der Waals surface area contributed by atoms with Gasteiger partial charge in [0.1, 0.15) is 5.75 Å². The number of halogens is 1. The van der Waals surface area contributed by atoms with Crippen molar-refractivity contribution in [2.75, 3.05) is 19.3 Å². The first-order valence-electron chi connectivity index (χ1n) is 9.09. The summed E-state index contributed by atoms with van der Waals surface area (Å²) < 4.78 is 16.5. The highest BCUT2D eigenvalue weighted by atomic mass is 35.5. The maximum Gasteiger partial charge on any atom is 0.325 e. The van der Waals surface area contributed by atoms with Crippen LogP contribution >= 0.6 is 19.2 Å². The molecule has 0 heterocycles. The molecule has 0 aliphatic heterocycles. The van der Waals surface area contributed by atoms with Crippen molar-refractivity contribution in [3.05, 3.63) is 28.8 Å². The largest absolute Gasteiger partial charge is 0.494 e. The van der Waals surface area contributed by atoms with Gasteiger partial charge >= 0.3 is 7.60 Å². The molecule has 7 heteroatoms. The molecule has 0 atom stereocenters. The van der Waals surface area contributed by atoms with Gasteiger partial charge in [-0.15, -0.1) is 0 Å². The van der Waals surface area contributed by atoms with Gasteiger partial charge in [0.15, 0.2) is 0 Å². The van der Waals surface area contributed by atoms with E-state index in [2.05, 4.69) is 12.2 Å². The summed E-state index contributed by atoms with van der Waals surface area (Å²) in [5.41, 5.74) is 0.949. The van der Waals surface area contributed by atoms with E-state index >= 15 is 0 Å². The third-order valence-electron chi connectivity index (χ3n) is 3.91.